The molecule has 0 saturated heterocycles. The van der Waals surface area contributed by atoms with E-state index in [1.54, 1.807) is 6.92 Å². The Balaban J connectivity index is 3.01. The van der Waals surface area contributed by atoms with Crippen molar-refractivity contribution >= 4 is 22.4 Å². The largest absolute Gasteiger partial charge is 0.481 e. The molecule has 1 aromatic heterocycles. The Hall–Kier alpha value is -1.41. The molecular formula is C10H13N3OS. The number of aromatic nitrogens is 1. The highest BCUT2D eigenvalue weighted by Gasteiger charge is 2.10. The Labute approximate surface area is 93.4 Å². The van der Waals surface area contributed by atoms with E-state index in [4.69, 9.17) is 10.00 Å². The zero-order valence-electron chi connectivity index (χ0n) is 9.07. The van der Waals surface area contributed by atoms with E-state index < -0.39 is 0 Å². The van der Waals surface area contributed by atoms with Crippen molar-refractivity contribution in [1.82, 2.24) is 4.37 Å². The first-order valence-corrected chi connectivity index (χ1v) is 5.57. The first-order chi connectivity index (χ1) is 7.22. The first-order valence-electron chi connectivity index (χ1n) is 4.79. The number of rotatable bonds is 3. The number of aliphatic imine (C=N–C) groups is 1. The van der Waals surface area contributed by atoms with Crippen LogP contribution in [-0.4, -0.2) is 16.9 Å². The molecule has 0 bridgehead atoms. The number of ether oxygens (including phenoxy) is 1. The number of hydrogen-bond acceptors (Lipinski definition) is 5. The second-order valence-corrected chi connectivity index (χ2v) is 3.60. The van der Waals surface area contributed by atoms with E-state index in [0.29, 0.717) is 23.1 Å². The molecule has 1 rings (SSSR count). The van der Waals surface area contributed by atoms with Gasteiger partial charge in [0, 0.05) is 6.42 Å². The zero-order chi connectivity index (χ0) is 11.3. The van der Waals surface area contributed by atoms with Gasteiger partial charge in [0.1, 0.15) is 11.6 Å². The summed E-state index contributed by atoms with van der Waals surface area (Å²) in [6, 6.07) is 2.10. The molecule has 0 N–H and O–H groups in total. The SMILES string of the molecule is CCO/C(CC)=N/c1snc(C)c1C#N. The van der Waals surface area contributed by atoms with Crippen LogP contribution in [0.2, 0.25) is 0 Å². The van der Waals surface area contributed by atoms with Crippen molar-refractivity contribution in [2.24, 2.45) is 4.99 Å². The fourth-order valence-electron chi connectivity index (χ4n) is 1.06. The molecule has 4 nitrogen and oxygen atoms in total. The highest BCUT2D eigenvalue weighted by molar-refractivity contribution is 7.10. The van der Waals surface area contributed by atoms with Gasteiger partial charge in [0.15, 0.2) is 10.9 Å². The molecule has 0 amide bonds. The van der Waals surface area contributed by atoms with Crippen LogP contribution in [-0.2, 0) is 4.74 Å². The van der Waals surface area contributed by atoms with Crippen LogP contribution in [0, 0.1) is 18.3 Å². The quantitative estimate of drug-likeness (QED) is 0.584. The number of nitrogens with zero attached hydrogens (tertiary/aromatic N) is 3. The van der Waals surface area contributed by atoms with Crippen molar-refractivity contribution < 1.29 is 4.74 Å². The van der Waals surface area contributed by atoms with Gasteiger partial charge in [-0.3, -0.25) is 0 Å². The maximum Gasteiger partial charge on any atom is 0.188 e. The summed E-state index contributed by atoms with van der Waals surface area (Å²) in [6.07, 6.45) is 0.718. The van der Waals surface area contributed by atoms with Crippen LogP contribution >= 0.6 is 11.5 Å². The van der Waals surface area contributed by atoms with Crippen LogP contribution < -0.4 is 0 Å². The van der Waals surface area contributed by atoms with Crippen molar-refractivity contribution in [2.45, 2.75) is 27.2 Å². The van der Waals surface area contributed by atoms with Gasteiger partial charge in [-0.05, 0) is 25.4 Å². The Morgan fingerprint density at radius 1 is 1.60 bits per heavy atom. The highest BCUT2D eigenvalue weighted by Crippen LogP contribution is 2.27. The average molecular weight is 223 g/mol. The zero-order valence-corrected chi connectivity index (χ0v) is 9.89. The van der Waals surface area contributed by atoms with Crippen molar-refractivity contribution in [3.8, 4) is 6.07 Å². The summed E-state index contributed by atoms with van der Waals surface area (Å²) < 4.78 is 9.41. The van der Waals surface area contributed by atoms with E-state index in [1.165, 1.54) is 11.5 Å². The lowest BCUT2D eigenvalue weighted by Gasteiger charge is -2.02. The number of nitriles is 1. The normalized spacial score (nSPS) is 11.2. The number of hydrogen-bond donors (Lipinski definition) is 0. The number of aryl methyl sites for hydroxylation is 1. The lowest BCUT2D eigenvalue weighted by Crippen LogP contribution is -2.01. The third kappa shape index (κ3) is 2.77. The minimum atomic E-state index is 0.547. The smallest absolute Gasteiger partial charge is 0.188 e. The van der Waals surface area contributed by atoms with Gasteiger partial charge in [0.25, 0.3) is 0 Å². The van der Waals surface area contributed by atoms with Gasteiger partial charge < -0.3 is 4.74 Å². The monoisotopic (exact) mass is 223 g/mol. The van der Waals surface area contributed by atoms with Crippen molar-refractivity contribution in [2.75, 3.05) is 6.61 Å². The van der Waals surface area contributed by atoms with E-state index in [1.807, 2.05) is 13.8 Å². The third-order valence-electron chi connectivity index (χ3n) is 1.80. The van der Waals surface area contributed by atoms with E-state index in [-0.39, 0.29) is 0 Å². The Bertz CT molecular complexity index is 403. The Kier molecular flexibility index (Phi) is 4.25. The second kappa shape index (κ2) is 5.47. The molecule has 15 heavy (non-hydrogen) atoms. The average Bonchev–Trinajstić information content (AvgIpc) is 2.58. The summed E-state index contributed by atoms with van der Waals surface area (Å²) in [5.74, 6) is 0.651. The molecule has 0 fully saturated rings. The molecule has 0 saturated carbocycles. The summed E-state index contributed by atoms with van der Waals surface area (Å²) in [4.78, 5) is 4.29. The predicted molar refractivity (Wildman–Crippen MR) is 60.6 cm³/mol. The standard InChI is InChI=1S/C10H13N3OS/c1-4-9(14-5-2)12-10-8(6-11)7(3)13-15-10/h4-5H2,1-3H3/b12-9+. The molecule has 5 heteroatoms. The fraction of sp³-hybridized carbons (Fsp3) is 0.500. The fourth-order valence-corrected chi connectivity index (χ4v) is 1.80. The molecule has 0 aliphatic heterocycles. The van der Waals surface area contributed by atoms with Crippen molar-refractivity contribution in [3.63, 3.8) is 0 Å². The van der Waals surface area contributed by atoms with Gasteiger partial charge in [-0.1, -0.05) is 6.92 Å². The third-order valence-corrected chi connectivity index (χ3v) is 2.63. The van der Waals surface area contributed by atoms with Crippen LogP contribution in [0.25, 0.3) is 0 Å². The summed E-state index contributed by atoms with van der Waals surface area (Å²) in [7, 11) is 0. The van der Waals surface area contributed by atoms with Crippen LogP contribution in [0.1, 0.15) is 31.5 Å². The van der Waals surface area contributed by atoms with E-state index >= 15 is 0 Å². The lowest BCUT2D eigenvalue weighted by atomic mass is 10.3. The molecule has 0 radical (unpaired) electrons. The van der Waals surface area contributed by atoms with E-state index in [0.717, 1.165) is 12.1 Å². The molecule has 0 aliphatic rings. The minimum Gasteiger partial charge on any atom is -0.481 e. The molecular weight excluding hydrogens is 210 g/mol. The highest BCUT2D eigenvalue weighted by atomic mass is 32.1. The topological polar surface area (TPSA) is 58.3 Å². The molecule has 0 spiro atoms. The van der Waals surface area contributed by atoms with Crippen LogP contribution in [0.5, 0.6) is 0 Å². The molecule has 0 aliphatic carbocycles. The Morgan fingerprint density at radius 2 is 2.33 bits per heavy atom. The molecule has 0 unspecified atom stereocenters. The Morgan fingerprint density at radius 3 is 2.87 bits per heavy atom. The molecule has 80 valence electrons. The van der Waals surface area contributed by atoms with E-state index in [2.05, 4.69) is 15.4 Å². The lowest BCUT2D eigenvalue weighted by molar-refractivity contribution is 0.319. The van der Waals surface area contributed by atoms with Gasteiger partial charge >= 0.3 is 0 Å². The van der Waals surface area contributed by atoms with Gasteiger partial charge in [-0.2, -0.15) is 9.64 Å². The minimum absolute atomic E-state index is 0.547. The maximum absolute atomic E-state index is 8.91. The maximum atomic E-state index is 8.91. The van der Waals surface area contributed by atoms with Crippen molar-refractivity contribution in [1.29, 1.82) is 5.26 Å². The van der Waals surface area contributed by atoms with Crippen LogP contribution in [0.3, 0.4) is 0 Å². The van der Waals surface area contributed by atoms with E-state index in [9.17, 15) is 0 Å². The summed E-state index contributed by atoms with van der Waals surface area (Å²) in [5.41, 5.74) is 1.28. The van der Waals surface area contributed by atoms with Crippen LogP contribution in [0.15, 0.2) is 4.99 Å². The van der Waals surface area contributed by atoms with Crippen molar-refractivity contribution in [3.05, 3.63) is 11.3 Å². The van der Waals surface area contributed by atoms with Gasteiger partial charge in [-0.25, -0.2) is 4.99 Å². The second-order valence-electron chi connectivity index (χ2n) is 2.85. The predicted octanol–water partition coefficient (Wildman–Crippen LogP) is 2.80. The van der Waals surface area contributed by atoms with Gasteiger partial charge in [-0.15, -0.1) is 0 Å². The molecule has 1 heterocycles. The first kappa shape index (κ1) is 11.7. The summed E-state index contributed by atoms with van der Waals surface area (Å²) in [5, 5.41) is 9.55. The summed E-state index contributed by atoms with van der Waals surface area (Å²) in [6.45, 7) is 6.27. The van der Waals surface area contributed by atoms with Gasteiger partial charge in [0.2, 0.25) is 0 Å². The van der Waals surface area contributed by atoms with Crippen LogP contribution in [0.4, 0.5) is 5.00 Å². The summed E-state index contributed by atoms with van der Waals surface area (Å²) >= 11 is 1.23. The molecule has 0 aromatic carbocycles. The van der Waals surface area contributed by atoms with Gasteiger partial charge in [0.05, 0.1) is 12.3 Å². The molecule has 0 atom stereocenters. The molecule has 1 aromatic rings.